The minimum absolute atomic E-state index is 0.00824. The van der Waals surface area contributed by atoms with Crippen molar-refractivity contribution in [2.24, 2.45) is 0 Å². The lowest BCUT2D eigenvalue weighted by atomic mass is 10.2. The van der Waals surface area contributed by atoms with Crippen LogP contribution in [0.3, 0.4) is 0 Å². The molecule has 0 amide bonds. The van der Waals surface area contributed by atoms with Crippen molar-refractivity contribution in [1.29, 1.82) is 5.26 Å². The van der Waals surface area contributed by atoms with Crippen molar-refractivity contribution in [2.45, 2.75) is 25.4 Å². The van der Waals surface area contributed by atoms with Crippen molar-refractivity contribution in [3.63, 3.8) is 0 Å². The van der Waals surface area contributed by atoms with Crippen LogP contribution in [0.5, 0.6) is 0 Å². The van der Waals surface area contributed by atoms with Crippen LogP contribution in [0, 0.1) is 11.3 Å². The number of hydrogen-bond donors (Lipinski definition) is 1. The SMILES string of the molecule is CCC(C#N)NC1COC1. The second-order valence-electron chi connectivity index (χ2n) is 2.49. The molecule has 1 N–H and O–H groups in total. The Morgan fingerprint density at radius 2 is 2.50 bits per heavy atom. The molecule has 1 atom stereocenters. The largest absolute Gasteiger partial charge is 0.378 e. The molecule has 3 nitrogen and oxygen atoms in total. The van der Waals surface area contributed by atoms with Gasteiger partial charge in [0.2, 0.25) is 0 Å². The van der Waals surface area contributed by atoms with E-state index in [0.717, 1.165) is 19.6 Å². The average Bonchev–Trinajstić information content (AvgIpc) is 1.87. The third kappa shape index (κ3) is 1.69. The Hall–Kier alpha value is -0.590. The van der Waals surface area contributed by atoms with Crippen molar-refractivity contribution in [2.75, 3.05) is 13.2 Å². The molecular weight excluding hydrogens is 128 g/mol. The van der Waals surface area contributed by atoms with Gasteiger partial charge in [-0.1, -0.05) is 6.92 Å². The molecular formula is C7H12N2O. The van der Waals surface area contributed by atoms with Gasteiger partial charge in [0.15, 0.2) is 0 Å². The maximum atomic E-state index is 8.54. The number of nitrogens with one attached hydrogen (secondary N) is 1. The van der Waals surface area contributed by atoms with Gasteiger partial charge in [-0.3, -0.25) is 5.32 Å². The molecule has 3 heteroatoms. The van der Waals surface area contributed by atoms with Gasteiger partial charge >= 0.3 is 0 Å². The van der Waals surface area contributed by atoms with E-state index in [2.05, 4.69) is 11.4 Å². The van der Waals surface area contributed by atoms with Gasteiger partial charge < -0.3 is 4.74 Å². The van der Waals surface area contributed by atoms with Gasteiger partial charge in [0.1, 0.15) is 0 Å². The Kier molecular flexibility index (Phi) is 2.67. The normalized spacial score (nSPS) is 21.2. The Balaban J connectivity index is 2.15. The van der Waals surface area contributed by atoms with Crippen molar-refractivity contribution in [1.82, 2.24) is 5.32 Å². The zero-order valence-corrected chi connectivity index (χ0v) is 6.13. The van der Waals surface area contributed by atoms with Gasteiger partial charge in [0.25, 0.3) is 0 Å². The second-order valence-corrected chi connectivity index (χ2v) is 2.49. The van der Waals surface area contributed by atoms with Gasteiger partial charge in [0, 0.05) is 0 Å². The molecule has 1 unspecified atom stereocenters. The van der Waals surface area contributed by atoms with E-state index in [9.17, 15) is 0 Å². The molecule has 0 spiro atoms. The number of nitrogens with zero attached hydrogens (tertiary/aromatic N) is 1. The average molecular weight is 140 g/mol. The molecule has 10 heavy (non-hydrogen) atoms. The molecule has 0 aliphatic carbocycles. The number of nitriles is 1. The molecule has 0 bridgehead atoms. The van der Waals surface area contributed by atoms with E-state index in [4.69, 9.17) is 10.00 Å². The third-order valence-corrected chi connectivity index (χ3v) is 1.64. The third-order valence-electron chi connectivity index (χ3n) is 1.64. The van der Waals surface area contributed by atoms with Crippen molar-refractivity contribution in [3.8, 4) is 6.07 Å². The quantitative estimate of drug-likeness (QED) is 0.612. The van der Waals surface area contributed by atoms with Crippen LogP contribution in [0.4, 0.5) is 0 Å². The molecule has 1 fully saturated rings. The van der Waals surface area contributed by atoms with Crippen molar-refractivity contribution >= 4 is 0 Å². The Bertz CT molecular complexity index is 137. The summed E-state index contributed by atoms with van der Waals surface area (Å²) < 4.78 is 4.95. The number of ether oxygens (including phenoxy) is 1. The first-order chi connectivity index (χ1) is 4.86. The second kappa shape index (κ2) is 3.55. The lowest BCUT2D eigenvalue weighted by Crippen LogP contribution is -2.49. The minimum atomic E-state index is 0.00824. The fraction of sp³-hybridized carbons (Fsp3) is 0.857. The first-order valence-corrected chi connectivity index (χ1v) is 3.60. The highest BCUT2D eigenvalue weighted by atomic mass is 16.5. The predicted molar refractivity (Wildman–Crippen MR) is 37.4 cm³/mol. The molecule has 1 saturated heterocycles. The minimum Gasteiger partial charge on any atom is -0.378 e. The van der Waals surface area contributed by atoms with Crippen molar-refractivity contribution in [3.05, 3.63) is 0 Å². The summed E-state index contributed by atoms with van der Waals surface area (Å²) in [4.78, 5) is 0. The molecule has 1 rings (SSSR count). The number of hydrogen-bond acceptors (Lipinski definition) is 3. The molecule has 0 radical (unpaired) electrons. The zero-order valence-electron chi connectivity index (χ0n) is 6.13. The lowest BCUT2D eigenvalue weighted by Gasteiger charge is -2.28. The summed E-state index contributed by atoms with van der Waals surface area (Å²) in [7, 11) is 0. The van der Waals surface area contributed by atoms with Crippen LogP contribution < -0.4 is 5.32 Å². The summed E-state index contributed by atoms with van der Waals surface area (Å²) >= 11 is 0. The van der Waals surface area contributed by atoms with Crippen LogP contribution >= 0.6 is 0 Å². The molecule has 1 heterocycles. The maximum Gasteiger partial charge on any atom is 0.0953 e. The summed E-state index contributed by atoms with van der Waals surface area (Å²) in [6, 6.07) is 2.61. The van der Waals surface area contributed by atoms with E-state index in [1.165, 1.54) is 0 Å². The van der Waals surface area contributed by atoms with E-state index in [1.54, 1.807) is 0 Å². The van der Waals surface area contributed by atoms with Crippen LogP contribution in [0.25, 0.3) is 0 Å². The van der Waals surface area contributed by atoms with Gasteiger partial charge in [-0.05, 0) is 6.42 Å². The number of rotatable bonds is 3. The molecule has 0 aromatic heterocycles. The summed E-state index contributed by atoms with van der Waals surface area (Å²) in [5.74, 6) is 0. The summed E-state index contributed by atoms with van der Waals surface area (Å²) in [6.45, 7) is 3.52. The Morgan fingerprint density at radius 3 is 2.80 bits per heavy atom. The van der Waals surface area contributed by atoms with Gasteiger partial charge in [-0.25, -0.2) is 0 Å². The van der Waals surface area contributed by atoms with Crippen LogP contribution in [-0.2, 0) is 4.74 Å². The standard InChI is InChI=1S/C7H12N2O/c1-2-6(3-8)9-7-4-10-5-7/h6-7,9H,2,4-5H2,1H3. The molecule has 0 aromatic carbocycles. The van der Waals surface area contributed by atoms with Crippen LogP contribution in [0.2, 0.25) is 0 Å². The Labute approximate surface area is 61.0 Å². The fourth-order valence-corrected chi connectivity index (χ4v) is 0.863. The first kappa shape index (κ1) is 7.52. The van der Waals surface area contributed by atoms with Crippen molar-refractivity contribution < 1.29 is 4.74 Å². The molecule has 1 aliphatic heterocycles. The summed E-state index contributed by atoms with van der Waals surface area (Å²) in [6.07, 6.45) is 0.868. The fourth-order valence-electron chi connectivity index (χ4n) is 0.863. The van der Waals surface area contributed by atoms with Crippen LogP contribution in [0.1, 0.15) is 13.3 Å². The maximum absolute atomic E-state index is 8.54. The Morgan fingerprint density at radius 1 is 1.80 bits per heavy atom. The monoisotopic (exact) mass is 140 g/mol. The highest BCUT2D eigenvalue weighted by Gasteiger charge is 2.20. The van der Waals surface area contributed by atoms with E-state index >= 15 is 0 Å². The van der Waals surface area contributed by atoms with E-state index in [1.807, 2.05) is 6.92 Å². The topological polar surface area (TPSA) is 45.0 Å². The highest BCUT2D eigenvalue weighted by Crippen LogP contribution is 2.01. The van der Waals surface area contributed by atoms with Crippen LogP contribution in [0.15, 0.2) is 0 Å². The van der Waals surface area contributed by atoms with Crippen LogP contribution in [-0.4, -0.2) is 25.3 Å². The van der Waals surface area contributed by atoms with Gasteiger partial charge in [-0.15, -0.1) is 0 Å². The van der Waals surface area contributed by atoms with E-state index in [-0.39, 0.29) is 6.04 Å². The summed E-state index contributed by atoms with van der Waals surface area (Å²) in [5, 5.41) is 11.7. The molecule has 56 valence electrons. The zero-order chi connectivity index (χ0) is 7.40. The lowest BCUT2D eigenvalue weighted by molar-refractivity contribution is -0.00763. The first-order valence-electron chi connectivity index (χ1n) is 3.60. The smallest absolute Gasteiger partial charge is 0.0953 e. The highest BCUT2D eigenvalue weighted by molar-refractivity contribution is 4.92. The van der Waals surface area contributed by atoms with Gasteiger partial charge in [0.05, 0.1) is 31.4 Å². The molecule has 1 aliphatic rings. The predicted octanol–water partition coefficient (Wildman–Crippen LogP) is 0.277. The van der Waals surface area contributed by atoms with E-state index < -0.39 is 0 Å². The van der Waals surface area contributed by atoms with Gasteiger partial charge in [-0.2, -0.15) is 5.26 Å². The molecule has 0 saturated carbocycles. The van der Waals surface area contributed by atoms with E-state index in [0.29, 0.717) is 6.04 Å². The molecule has 0 aromatic rings. The summed E-state index contributed by atoms with van der Waals surface area (Å²) in [5.41, 5.74) is 0.